The third-order valence-electron chi connectivity index (χ3n) is 10.4. The fraction of sp³-hybridized carbons (Fsp3) is 0.889. The number of aliphatic hydroxyl groups excluding tert-OH is 1. The number of aliphatic hydroxyl groups is 1. The van der Waals surface area contributed by atoms with Crippen molar-refractivity contribution < 1.29 is 14.6 Å². The number of allylic oxidation sites excluding steroid dienone is 1. The molecule has 0 aromatic heterocycles. The number of Topliss-reactive ketones (excluding diaryl/α,β-unsaturated/α-hetero) is 1. The minimum atomic E-state index is -0.369. The van der Waals surface area contributed by atoms with E-state index in [9.17, 15) is 9.90 Å². The Balaban J connectivity index is 1.45. The lowest BCUT2D eigenvalue weighted by atomic mass is 9.48. The van der Waals surface area contributed by atoms with Gasteiger partial charge in [0.15, 0.2) is 11.9 Å². The predicted octanol–water partition coefficient (Wildman–Crippen LogP) is 5.84. The average molecular weight is 415 g/mol. The molecular formula is C27H42O3. The van der Waals surface area contributed by atoms with E-state index in [1.807, 2.05) is 0 Å². The highest BCUT2D eigenvalue weighted by Gasteiger charge is 2.77. The van der Waals surface area contributed by atoms with Crippen molar-refractivity contribution in [3.8, 4) is 0 Å². The van der Waals surface area contributed by atoms with E-state index in [1.165, 1.54) is 43.3 Å². The van der Waals surface area contributed by atoms with Crippen molar-refractivity contribution in [3.63, 3.8) is 0 Å². The molecule has 8 atom stereocenters. The molecule has 4 aliphatic carbocycles. The van der Waals surface area contributed by atoms with Gasteiger partial charge in [-0.2, -0.15) is 0 Å². The van der Waals surface area contributed by atoms with Gasteiger partial charge in [-0.25, -0.2) is 0 Å². The molecule has 3 unspecified atom stereocenters. The summed E-state index contributed by atoms with van der Waals surface area (Å²) in [5.74, 6) is 2.88. The molecule has 4 fully saturated rings. The van der Waals surface area contributed by atoms with Crippen molar-refractivity contribution in [3.05, 3.63) is 11.1 Å². The van der Waals surface area contributed by atoms with Crippen LogP contribution in [0.5, 0.6) is 0 Å². The molecule has 1 saturated heterocycles. The zero-order valence-electron chi connectivity index (χ0n) is 19.8. The number of ketones is 1. The van der Waals surface area contributed by atoms with Crippen LogP contribution in [0.1, 0.15) is 98.8 Å². The Morgan fingerprint density at radius 1 is 1.10 bits per heavy atom. The topological polar surface area (TPSA) is 49.8 Å². The predicted molar refractivity (Wildman–Crippen MR) is 119 cm³/mol. The third kappa shape index (κ3) is 2.73. The molecular weight excluding hydrogens is 372 g/mol. The number of fused-ring (bicyclic) bond motifs is 3. The van der Waals surface area contributed by atoms with Crippen LogP contribution in [0.4, 0.5) is 0 Å². The molecule has 1 spiro atoms. The van der Waals surface area contributed by atoms with Gasteiger partial charge in [0.05, 0.1) is 6.10 Å². The van der Waals surface area contributed by atoms with Crippen LogP contribution in [0.25, 0.3) is 0 Å². The van der Waals surface area contributed by atoms with E-state index in [1.54, 1.807) is 0 Å². The van der Waals surface area contributed by atoms with E-state index in [0.29, 0.717) is 24.0 Å². The van der Waals surface area contributed by atoms with Gasteiger partial charge in [-0.1, -0.05) is 59.5 Å². The first-order chi connectivity index (χ1) is 14.1. The van der Waals surface area contributed by atoms with Gasteiger partial charge in [-0.05, 0) is 67.6 Å². The van der Waals surface area contributed by atoms with Crippen molar-refractivity contribution in [2.24, 2.45) is 34.5 Å². The molecule has 0 aromatic carbocycles. The second-order valence-corrected chi connectivity index (χ2v) is 12.4. The van der Waals surface area contributed by atoms with Crippen LogP contribution < -0.4 is 0 Å². The maximum atomic E-state index is 13.6. The van der Waals surface area contributed by atoms with E-state index in [0.717, 1.165) is 37.5 Å². The second-order valence-electron chi connectivity index (χ2n) is 12.4. The van der Waals surface area contributed by atoms with Crippen molar-refractivity contribution >= 4 is 5.78 Å². The zero-order chi connectivity index (χ0) is 21.5. The van der Waals surface area contributed by atoms with Gasteiger partial charge in [0, 0.05) is 17.4 Å². The number of carbonyl (C=O) groups is 1. The highest BCUT2D eigenvalue weighted by Crippen LogP contribution is 2.71. The summed E-state index contributed by atoms with van der Waals surface area (Å²) in [6.45, 7) is 12.0. The van der Waals surface area contributed by atoms with Crippen LogP contribution in [0.3, 0.4) is 0 Å². The molecule has 5 rings (SSSR count). The summed E-state index contributed by atoms with van der Waals surface area (Å²) in [6.07, 6.45) is 10.6. The number of rotatable bonds is 5. The molecule has 0 radical (unpaired) electrons. The van der Waals surface area contributed by atoms with Gasteiger partial charge in [-0.15, -0.1) is 0 Å². The average Bonchev–Trinajstić information content (AvgIpc) is 3.29. The van der Waals surface area contributed by atoms with Crippen molar-refractivity contribution in [1.29, 1.82) is 0 Å². The van der Waals surface area contributed by atoms with Gasteiger partial charge < -0.3 is 9.84 Å². The molecule has 3 saturated carbocycles. The minimum absolute atomic E-state index is 0.0233. The standard InChI is InChI=1S/C27H42O3/c1-16(2)7-6-8-17(3)19-9-10-20-22-21(12-13-25(19,20)4)26(5)14-11-18(28)15-27(26)24(30-27)23(22)29/h16-19,21,24,28H,6-15H2,1-5H3/t17?,18-,19?,21?,24-,25+,26+,27-/m0/s1. The van der Waals surface area contributed by atoms with Gasteiger partial charge in [0.25, 0.3) is 0 Å². The van der Waals surface area contributed by atoms with Crippen LogP contribution in [-0.2, 0) is 9.53 Å². The Morgan fingerprint density at radius 3 is 2.60 bits per heavy atom. The lowest BCUT2D eigenvalue weighted by Crippen LogP contribution is -2.56. The molecule has 30 heavy (non-hydrogen) atoms. The maximum Gasteiger partial charge on any atom is 0.190 e. The Kier molecular flexibility index (Phi) is 4.88. The fourth-order valence-electron chi connectivity index (χ4n) is 8.63. The van der Waals surface area contributed by atoms with Crippen LogP contribution in [-0.4, -0.2) is 28.7 Å². The smallest absolute Gasteiger partial charge is 0.190 e. The van der Waals surface area contributed by atoms with Crippen LogP contribution >= 0.6 is 0 Å². The third-order valence-corrected chi connectivity index (χ3v) is 10.4. The molecule has 3 heteroatoms. The van der Waals surface area contributed by atoms with Crippen molar-refractivity contribution in [2.75, 3.05) is 0 Å². The summed E-state index contributed by atoms with van der Waals surface area (Å²) >= 11 is 0. The van der Waals surface area contributed by atoms with Gasteiger partial charge in [0.1, 0.15) is 5.60 Å². The Morgan fingerprint density at radius 2 is 1.87 bits per heavy atom. The SMILES string of the molecule is CC(C)CCCC(C)C1CCC2=C3C(=O)[C@@H]4O[C@@]45C[C@@H](O)CC[C@]5(C)C3CC[C@@]21C. The molecule has 0 bridgehead atoms. The van der Waals surface area contributed by atoms with E-state index in [-0.39, 0.29) is 28.6 Å². The lowest BCUT2D eigenvalue weighted by Gasteiger charge is -2.54. The van der Waals surface area contributed by atoms with Crippen LogP contribution in [0.15, 0.2) is 11.1 Å². The molecule has 168 valence electrons. The van der Waals surface area contributed by atoms with E-state index >= 15 is 0 Å². The van der Waals surface area contributed by atoms with E-state index in [4.69, 9.17) is 4.74 Å². The first kappa shape index (κ1) is 21.2. The number of epoxide rings is 1. The Labute approximate surface area is 183 Å². The normalized spacial score (nSPS) is 48.2. The van der Waals surface area contributed by atoms with Gasteiger partial charge >= 0.3 is 0 Å². The van der Waals surface area contributed by atoms with E-state index in [2.05, 4.69) is 34.6 Å². The van der Waals surface area contributed by atoms with Crippen molar-refractivity contribution in [1.82, 2.24) is 0 Å². The number of hydrogen-bond acceptors (Lipinski definition) is 3. The Hall–Kier alpha value is -0.670. The summed E-state index contributed by atoms with van der Waals surface area (Å²) in [5.41, 5.74) is 2.57. The first-order valence-corrected chi connectivity index (χ1v) is 12.8. The first-order valence-electron chi connectivity index (χ1n) is 12.8. The molecule has 1 aliphatic heterocycles. The minimum Gasteiger partial charge on any atom is -0.393 e. The fourth-order valence-corrected chi connectivity index (χ4v) is 8.63. The van der Waals surface area contributed by atoms with Crippen LogP contribution in [0.2, 0.25) is 0 Å². The highest BCUT2D eigenvalue weighted by atomic mass is 16.6. The molecule has 1 N–H and O–H groups in total. The molecule has 0 amide bonds. The quantitative estimate of drug-likeness (QED) is 0.575. The number of hydrogen-bond donors (Lipinski definition) is 1. The molecule has 3 nitrogen and oxygen atoms in total. The second kappa shape index (κ2) is 6.91. The summed E-state index contributed by atoms with van der Waals surface area (Å²) in [6, 6.07) is 0. The molecule has 0 aromatic rings. The maximum absolute atomic E-state index is 13.6. The van der Waals surface area contributed by atoms with Gasteiger partial charge in [-0.3, -0.25) is 4.79 Å². The summed E-state index contributed by atoms with van der Waals surface area (Å²) in [7, 11) is 0. The molecule has 1 heterocycles. The number of carbonyl (C=O) groups excluding carboxylic acids is 1. The van der Waals surface area contributed by atoms with E-state index < -0.39 is 0 Å². The van der Waals surface area contributed by atoms with Crippen molar-refractivity contribution in [2.45, 2.75) is 117 Å². The monoisotopic (exact) mass is 414 g/mol. The molecule has 5 aliphatic rings. The highest BCUT2D eigenvalue weighted by molar-refractivity contribution is 6.04. The zero-order valence-corrected chi connectivity index (χ0v) is 19.8. The largest absolute Gasteiger partial charge is 0.393 e. The summed E-state index contributed by atoms with van der Waals surface area (Å²) < 4.78 is 6.23. The van der Waals surface area contributed by atoms with Gasteiger partial charge in [0.2, 0.25) is 0 Å². The number of ether oxygens (including phenoxy) is 1. The van der Waals surface area contributed by atoms with Crippen LogP contribution in [0, 0.1) is 34.5 Å². The lowest BCUT2D eigenvalue weighted by molar-refractivity contribution is -0.121. The Bertz CT molecular complexity index is 768. The summed E-state index contributed by atoms with van der Waals surface area (Å²) in [4.78, 5) is 13.6. The summed E-state index contributed by atoms with van der Waals surface area (Å²) in [5, 5.41) is 10.3.